The molecule has 0 radical (unpaired) electrons. The van der Waals surface area contributed by atoms with Crippen molar-refractivity contribution in [1.82, 2.24) is 0 Å². The van der Waals surface area contributed by atoms with Gasteiger partial charge >= 0.3 is 5.97 Å². The summed E-state index contributed by atoms with van der Waals surface area (Å²) in [4.78, 5) is 11.2. The van der Waals surface area contributed by atoms with E-state index in [4.69, 9.17) is 0 Å². The summed E-state index contributed by atoms with van der Waals surface area (Å²) in [7, 11) is 1.37. The third kappa shape index (κ3) is 2.11. The third-order valence-electron chi connectivity index (χ3n) is 1.74. The van der Waals surface area contributed by atoms with Crippen molar-refractivity contribution in [3.63, 3.8) is 0 Å². The first kappa shape index (κ1) is 10.7. The number of esters is 1. The predicted octanol–water partition coefficient (Wildman–Crippen LogP) is 3.31. The first-order valence-electron chi connectivity index (χ1n) is 3.61. The SMILES string of the molecule is COC(=O)c1ccc(Br)c(Br)c1C. The summed E-state index contributed by atoms with van der Waals surface area (Å²) >= 11 is 6.73. The minimum absolute atomic E-state index is 0.314. The van der Waals surface area contributed by atoms with Crippen molar-refractivity contribution in [2.45, 2.75) is 6.92 Å². The van der Waals surface area contributed by atoms with Crippen LogP contribution in [0.2, 0.25) is 0 Å². The van der Waals surface area contributed by atoms with Gasteiger partial charge in [-0.05, 0) is 56.5 Å². The van der Waals surface area contributed by atoms with Gasteiger partial charge in [-0.25, -0.2) is 4.79 Å². The lowest BCUT2D eigenvalue weighted by molar-refractivity contribution is 0.0600. The van der Waals surface area contributed by atoms with Gasteiger partial charge in [-0.3, -0.25) is 0 Å². The maximum absolute atomic E-state index is 11.2. The molecule has 70 valence electrons. The van der Waals surface area contributed by atoms with Crippen molar-refractivity contribution in [2.75, 3.05) is 7.11 Å². The van der Waals surface area contributed by atoms with Crippen LogP contribution in [0.25, 0.3) is 0 Å². The number of benzene rings is 1. The molecular weight excluding hydrogens is 300 g/mol. The van der Waals surface area contributed by atoms with Crippen LogP contribution in [-0.2, 0) is 4.74 Å². The normalized spacial score (nSPS) is 9.85. The second-order valence-corrected chi connectivity index (χ2v) is 4.17. The Morgan fingerprint density at radius 3 is 2.54 bits per heavy atom. The predicted molar refractivity (Wildman–Crippen MR) is 57.9 cm³/mol. The molecule has 0 bridgehead atoms. The van der Waals surface area contributed by atoms with Gasteiger partial charge in [0.2, 0.25) is 0 Å². The molecule has 0 atom stereocenters. The summed E-state index contributed by atoms with van der Waals surface area (Å²) in [6, 6.07) is 3.54. The number of hydrogen-bond donors (Lipinski definition) is 0. The summed E-state index contributed by atoms with van der Waals surface area (Å²) < 4.78 is 6.45. The van der Waals surface area contributed by atoms with E-state index >= 15 is 0 Å². The van der Waals surface area contributed by atoms with Gasteiger partial charge in [-0.2, -0.15) is 0 Å². The molecule has 0 amide bonds. The third-order valence-corrected chi connectivity index (χ3v) is 3.96. The monoisotopic (exact) mass is 306 g/mol. The summed E-state index contributed by atoms with van der Waals surface area (Å²) in [6.45, 7) is 1.86. The lowest BCUT2D eigenvalue weighted by Crippen LogP contribution is -2.04. The van der Waals surface area contributed by atoms with Crippen LogP contribution in [0.1, 0.15) is 15.9 Å². The van der Waals surface area contributed by atoms with Crippen LogP contribution in [0.5, 0.6) is 0 Å². The molecule has 0 aliphatic carbocycles. The standard InChI is InChI=1S/C9H8Br2O2/c1-5-6(9(12)13-2)3-4-7(10)8(5)11/h3-4H,1-2H3. The number of carbonyl (C=O) groups is 1. The molecule has 0 N–H and O–H groups in total. The molecule has 1 aromatic rings. The summed E-state index contributed by atoms with van der Waals surface area (Å²) in [5.41, 5.74) is 1.46. The molecule has 1 aromatic carbocycles. The van der Waals surface area contributed by atoms with E-state index in [0.29, 0.717) is 5.56 Å². The molecule has 1 rings (SSSR count). The molecular formula is C9H8Br2O2. The molecule has 0 aliphatic heterocycles. The van der Waals surface area contributed by atoms with E-state index in [9.17, 15) is 4.79 Å². The van der Waals surface area contributed by atoms with Gasteiger partial charge in [0, 0.05) is 8.95 Å². The van der Waals surface area contributed by atoms with E-state index in [-0.39, 0.29) is 5.97 Å². The number of methoxy groups -OCH3 is 1. The molecule has 4 heteroatoms. The number of halogens is 2. The Balaban J connectivity index is 3.26. The lowest BCUT2D eigenvalue weighted by atomic mass is 10.1. The fraction of sp³-hybridized carbons (Fsp3) is 0.222. The fourth-order valence-corrected chi connectivity index (χ4v) is 1.76. The van der Waals surface area contributed by atoms with Crippen LogP contribution in [0.15, 0.2) is 21.1 Å². The van der Waals surface area contributed by atoms with Gasteiger partial charge in [0.15, 0.2) is 0 Å². The lowest BCUT2D eigenvalue weighted by Gasteiger charge is -2.06. The van der Waals surface area contributed by atoms with Gasteiger partial charge < -0.3 is 4.74 Å². The summed E-state index contributed by atoms with van der Waals surface area (Å²) in [6.07, 6.45) is 0. The molecule has 0 saturated heterocycles. The van der Waals surface area contributed by atoms with Gasteiger partial charge in [0.25, 0.3) is 0 Å². The minimum atomic E-state index is -0.314. The highest BCUT2D eigenvalue weighted by Crippen LogP contribution is 2.28. The molecule has 0 unspecified atom stereocenters. The highest BCUT2D eigenvalue weighted by molar-refractivity contribution is 9.13. The first-order valence-corrected chi connectivity index (χ1v) is 5.19. The fourth-order valence-electron chi connectivity index (χ4n) is 0.983. The van der Waals surface area contributed by atoms with Gasteiger partial charge in [0.05, 0.1) is 12.7 Å². The van der Waals surface area contributed by atoms with E-state index < -0.39 is 0 Å². The molecule has 0 saturated carbocycles. The zero-order valence-electron chi connectivity index (χ0n) is 7.23. The topological polar surface area (TPSA) is 26.3 Å². The maximum atomic E-state index is 11.2. The maximum Gasteiger partial charge on any atom is 0.338 e. The molecule has 0 fully saturated rings. The minimum Gasteiger partial charge on any atom is -0.465 e. The highest BCUT2D eigenvalue weighted by Gasteiger charge is 2.12. The average Bonchev–Trinajstić information content (AvgIpc) is 2.13. The van der Waals surface area contributed by atoms with Crippen molar-refractivity contribution in [3.8, 4) is 0 Å². The van der Waals surface area contributed by atoms with Crippen LogP contribution < -0.4 is 0 Å². The largest absolute Gasteiger partial charge is 0.465 e. The molecule has 2 nitrogen and oxygen atoms in total. The van der Waals surface area contributed by atoms with Crippen molar-refractivity contribution in [1.29, 1.82) is 0 Å². The van der Waals surface area contributed by atoms with Crippen LogP contribution in [-0.4, -0.2) is 13.1 Å². The zero-order chi connectivity index (χ0) is 10.0. The van der Waals surface area contributed by atoms with Crippen LogP contribution >= 0.6 is 31.9 Å². The van der Waals surface area contributed by atoms with E-state index in [1.165, 1.54) is 7.11 Å². The second kappa shape index (κ2) is 4.24. The molecule has 13 heavy (non-hydrogen) atoms. The van der Waals surface area contributed by atoms with Crippen molar-refractivity contribution < 1.29 is 9.53 Å². The van der Waals surface area contributed by atoms with E-state index in [0.717, 1.165) is 14.5 Å². The molecule has 0 spiro atoms. The Labute approximate surface area is 93.5 Å². The van der Waals surface area contributed by atoms with Crippen LogP contribution in [0.4, 0.5) is 0 Å². The van der Waals surface area contributed by atoms with E-state index in [2.05, 4.69) is 36.6 Å². The van der Waals surface area contributed by atoms with E-state index in [1.807, 2.05) is 13.0 Å². The Morgan fingerprint density at radius 2 is 2.00 bits per heavy atom. The Hall–Kier alpha value is -0.350. The Bertz CT molecular complexity index is 348. The van der Waals surface area contributed by atoms with Crippen molar-refractivity contribution >= 4 is 37.8 Å². The highest BCUT2D eigenvalue weighted by atomic mass is 79.9. The van der Waals surface area contributed by atoms with Crippen LogP contribution in [0.3, 0.4) is 0 Å². The second-order valence-electron chi connectivity index (χ2n) is 2.53. The number of carbonyl (C=O) groups excluding carboxylic acids is 1. The summed E-state index contributed by atoms with van der Waals surface area (Å²) in [5.74, 6) is -0.314. The van der Waals surface area contributed by atoms with Gasteiger partial charge in [-0.1, -0.05) is 0 Å². The molecule has 0 aliphatic rings. The number of hydrogen-bond acceptors (Lipinski definition) is 2. The van der Waals surface area contributed by atoms with Crippen molar-refractivity contribution in [2.24, 2.45) is 0 Å². The Kier molecular flexibility index (Phi) is 3.50. The number of rotatable bonds is 1. The average molecular weight is 308 g/mol. The molecule has 0 aromatic heterocycles. The Morgan fingerprint density at radius 1 is 1.38 bits per heavy atom. The number of ether oxygens (including phenoxy) is 1. The first-order chi connectivity index (χ1) is 6.07. The smallest absolute Gasteiger partial charge is 0.338 e. The van der Waals surface area contributed by atoms with Crippen molar-refractivity contribution in [3.05, 3.63) is 32.2 Å². The van der Waals surface area contributed by atoms with Crippen LogP contribution in [0, 0.1) is 6.92 Å². The van der Waals surface area contributed by atoms with E-state index in [1.54, 1.807) is 6.07 Å². The van der Waals surface area contributed by atoms with Gasteiger partial charge in [-0.15, -0.1) is 0 Å². The van der Waals surface area contributed by atoms with Gasteiger partial charge in [0.1, 0.15) is 0 Å². The zero-order valence-corrected chi connectivity index (χ0v) is 10.4. The summed E-state index contributed by atoms with van der Waals surface area (Å²) in [5, 5.41) is 0. The molecule has 0 heterocycles. The quantitative estimate of drug-likeness (QED) is 0.744.